The van der Waals surface area contributed by atoms with Crippen LogP contribution in [0.1, 0.15) is 11.1 Å². The van der Waals surface area contributed by atoms with Crippen LogP contribution in [0.25, 0.3) is 26.9 Å². The highest BCUT2D eigenvalue weighted by Crippen LogP contribution is 2.32. The molecule has 2 aromatic carbocycles. The molecule has 3 aromatic heterocycles. The summed E-state index contributed by atoms with van der Waals surface area (Å²) in [6.45, 7) is 2.04. The summed E-state index contributed by atoms with van der Waals surface area (Å²) in [5.74, 6) is 1.94. The normalized spacial score (nSPS) is 11.0. The summed E-state index contributed by atoms with van der Waals surface area (Å²) in [5, 5.41) is 19.0. The number of nitrogens with one attached hydrogen (secondary N) is 1. The Balaban J connectivity index is 1.60. The Hall–Kier alpha value is -3.96. The van der Waals surface area contributed by atoms with Gasteiger partial charge >= 0.3 is 0 Å². The van der Waals surface area contributed by atoms with E-state index in [0.717, 1.165) is 32.4 Å². The number of nitrogens with zero attached hydrogens (tertiary/aromatic N) is 5. The molecule has 3 heterocycles. The molecule has 7 nitrogen and oxygen atoms in total. The summed E-state index contributed by atoms with van der Waals surface area (Å²) in [6.07, 6.45) is 1.53. The van der Waals surface area contributed by atoms with Crippen molar-refractivity contribution in [1.82, 2.24) is 19.7 Å². The van der Waals surface area contributed by atoms with Gasteiger partial charge in [-0.1, -0.05) is 29.5 Å². The van der Waals surface area contributed by atoms with Crippen LogP contribution in [0.5, 0.6) is 5.75 Å². The molecule has 0 atom stereocenters. The van der Waals surface area contributed by atoms with Gasteiger partial charge in [-0.05, 0) is 42.8 Å². The van der Waals surface area contributed by atoms with E-state index < -0.39 is 0 Å². The Kier molecular flexibility index (Phi) is 4.30. The van der Waals surface area contributed by atoms with Gasteiger partial charge in [-0.15, -0.1) is 0 Å². The fourth-order valence-corrected chi connectivity index (χ4v) is 4.24. The fraction of sp³-hybridized carbons (Fsp3) is 0.0909. The lowest BCUT2D eigenvalue weighted by Crippen LogP contribution is -2.06. The van der Waals surface area contributed by atoms with Crippen molar-refractivity contribution in [2.75, 3.05) is 12.4 Å². The first-order chi connectivity index (χ1) is 14.7. The molecule has 146 valence electrons. The molecule has 0 aliphatic heterocycles. The van der Waals surface area contributed by atoms with E-state index in [4.69, 9.17) is 9.72 Å². The number of anilines is 2. The Morgan fingerprint density at radius 3 is 2.80 bits per heavy atom. The number of hydrogen-bond donors (Lipinski definition) is 1. The zero-order valence-electron chi connectivity index (χ0n) is 16.2. The van der Waals surface area contributed by atoms with Gasteiger partial charge in [0, 0.05) is 5.39 Å². The highest BCUT2D eigenvalue weighted by atomic mass is 32.1. The molecule has 0 spiro atoms. The van der Waals surface area contributed by atoms with Gasteiger partial charge in [0.05, 0.1) is 29.0 Å². The molecule has 0 radical (unpaired) electrons. The standard InChI is InChI=1S/C22H16N6OS/c1-13-9-20(25-17-6-4-3-5-16(13)17)28-21(14(11-23)12-24-28)27-22-26-18-8-7-15(29-2)10-19(18)30-22/h3-10,12H,1-2H3,(H,26,27). The molecule has 0 aliphatic carbocycles. The smallest absolute Gasteiger partial charge is 0.189 e. The van der Waals surface area contributed by atoms with Crippen molar-refractivity contribution in [2.45, 2.75) is 6.92 Å². The van der Waals surface area contributed by atoms with Crippen LogP contribution in [0.4, 0.5) is 10.9 Å². The zero-order chi connectivity index (χ0) is 20.7. The van der Waals surface area contributed by atoms with Crippen LogP contribution >= 0.6 is 11.3 Å². The van der Waals surface area contributed by atoms with Gasteiger partial charge in [0.2, 0.25) is 0 Å². The number of pyridine rings is 1. The topological polar surface area (TPSA) is 88.6 Å². The molecule has 8 heteroatoms. The lowest BCUT2D eigenvalue weighted by molar-refractivity contribution is 0.415. The maximum atomic E-state index is 9.59. The second kappa shape index (κ2) is 7.13. The predicted octanol–water partition coefficient (Wildman–Crippen LogP) is 4.96. The van der Waals surface area contributed by atoms with E-state index in [1.165, 1.54) is 17.5 Å². The molecule has 0 aliphatic rings. The molecule has 0 amide bonds. The number of para-hydroxylation sites is 1. The monoisotopic (exact) mass is 412 g/mol. The molecule has 5 aromatic rings. The zero-order valence-corrected chi connectivity index (χ0v) is 17.1. The van der Waals surface area contributed by atoms with Crippen LogP contribution < -0.4 is 10.1 Å². The van der Waals surface area contributed by atoms with Crippen molar-refractivity contribution in [3.8, 4) is 17.6 Å². The van der Waals surface area contributed by atoms with Crippen molar-refractivity contribution in [3.05, 3.63) is 65.9 Å². The SMILES string of the molecule is COc1ccc2nc(Nc3c(C#N)cnn3-c3cc(C)c4ccccc4n3)sc2c1. The van der Waals surface area contributed by atoms with E-state index in [0.29, 0.717) is 22.3 Å². The fourth-order valence-electron chi connectivity index (χ4n) is 3.35. The lowest BCUT2D eigenvalue weighted by atomic mass is 10.1. The van der Waals surface area contributed by atoms with Crippen LogP contribution in [0, 0.1) is 18.3 Å². The number of nitriles is 1. The summed E-state index contributed by atoms with van der Waals surface area (Å²) >= 11 is 1.48. The summed E-state index contributed by atoms with van der Waals surface area (Å²) < 4.78 is 7.92. The van der Waals surface area contributed by atoms with E-state index in [1.54, 1.807) is 11.8 Å². The summed E-state index contributed by atoms with van der Waals surface area (Å²) in [6, 6.07) is 17.8. The first-order valence-electron chi connectivity index (χ1n) is 9.23. The van der Waals surface area contributed by atoms with Crippen molar-refractivity contribution < 1.29 is 4.74 Å². The number of benzene rings is 2. The van der Waals surface area contributed by atoms with Gasteiger partial charge in [0.25, 0.3) is 0 Å². The van der Waals surface area contributed by atoms with Crippen molar-refractivity contribution >= 4 is 43.4 Å². The van der Waals surface area contributed by atoms with Crippen molar-refractivity contribution in [1.29, 1.82) is 5.26 Å². The highest BCUT2D eigenvalue weighted by molar-refractivity contribution is 7.22. The van der Waals surface area contributed by atoms with E-state index >= 15 is 0 Å². The second-order valence-corrected chi connectivity index (χ2v) is 7.75. The van der Waals surface area contributed by atoms with Crippen LogP contribution in [-0.2, 0) is 0 Å². The third-order valence-corrected chi connectivity index (χ3v) is 5.77. The first kappa shape index (κ1) is 18.1. The largest absolute Gasteiger partial charge is 0.497 e. The molecule has 0 fully saturated rings. The maximum Gasteiger partial charge on any atom is 0.189 e. The lowest BCUT2D eigenvalue weighted by Gasteiger charge is -2.10. The molecular weight excluding hydrogens is 396 g/mol. The third-order valence-electron chi connectivity index (χ3n) is 4.84. The minimum Gasteiger partial charge on any atom is -0.497 e. The van der Waals surface area contributed by atoms with Crippen LogP contribution in [0.3, 0.4) is 0 Å². The Morgan fingerprint density at radius 2 is 1.97 bits per heavy atom. The number of fused-ring (bicyclic) bond motifs is 2. The van der Waals surface area contributed by atoms with Crippen LogP contribution in [-0.4, -0.2) is 26.9 Å². The van der Waals surface area contributed by atoms with Gasteiger partial charge in [-0.25, -0.2) is 9.97 Å². The Labute approximate surface area is 176 Å². The van der Waals surface area contributed by atoms with Crippen LogP contribution in [0.2, 0.25) is 0 Å². The van der Waals surface area contributed by atoms with Gasteiger partial charge < -0.3 is 10.1 Å². The minimum absolute atomic E-state index is 0.416. The Morgan fingerprint density at radius 1 is 1.10 bits per heavy atom. The number of thiazole rings is 1. The molecule has 1 N–H and O–H groups in total. The number of hydrogen-bond acceptors (Lipinski definition) is 7. The molecule has 0 saturated carbocycles. The minimum atomic E-state index is 0.416. The number of aryl methyl sites for hydroxylation is 1. The molecular formula is C22H16N6OS. The molecule has 0 saturated heterocycles. The van der Waals surface area contributed by atoms with E-state index in [9.17, 15) is 5.26 Å². The molecule has 0 unspecified atom stereocenters. The number of aromatic nitrogens is 4. The van der Waals surface area contributed by atoms with Gasteiger partial charge in [0.1, 0.15) is 17.4 Å². The summed E-state index contributed by atoms with van der Waals surface area (Å²) in [5.41, 5.74) is 3.23. The van der Waals surface area contributed by atoms with E-state index in [-0.39, 0.29) is 0 Å². The number of ether oxygens (including phenoxy) is 1. The quantitative estimate of drug-likeness (QED) is 0.449. The molecule has 30 heavy (non-hydrogen) atoms. The van der Waals surface area contributed by atoms with Gasteiger partial charge in [-0.2, -0.15) is 15.0 Å². The predicted molar refractivity (Wildman–Crippen MR) is 118 cm³/mol. The van der Waals surface area contributed by atoms with Crippen LogP contribution in [0.15, 0.2) is 54.7 Å². The van der Waals surface area contributed by atoms with Crippen molar-refractivity contribution in [3.63, 3.8) is 0 Å². The maximum absolute atomic E-state index is 9.59. The highest BCUT2D eigenvalue weighted by Gasteiger charge is 2.16. The molecule has 5 rings (SSSR count). The average molecular weight is 412 g/mol. The average Bonchev–Trinajstić information content (AvgIpc) is 3.36. The Bertz CT molecular complexity index is 1450. The number of rotatable bonds is 4. The number of methoxy groups -OCH3 is 1. The van der Waals surface area contributed by atoms with E-state index in [2.05, 4.69) is 21.5 Å². The molecule has 0 bridgehead atoms. The van der Waals surface area contributed by atoms with Gasteiger partial charge in [-0.3, -0.25) is 0 Å². The summed E-state index contributed by atoms with van der Waals surface area (Å²) in [7, 11) is 1.64. The van der Waals surface area contributed by atoms with Gasteiger partial charge in [0.15, 0.2) is 16.8 Å². The second-order valence-electron chi connectivity index (χ2n) is 6.72. The van der Waals surface area contributed by atoms with Crippen molar-refractivity contribution in [2.24, 2.45) is 0 Å². The third kappa shape index (κ3) is 3.02. The van der Waals surface area contributed by atoms with E-state index in [1.807, 2.05) is 55.5 Å². The first-order valence-corrected chi connectivity index (χ1v) is 10.0. The summed E-state index contributed by atoms with van der Waals surface area (Å²) in [4.78, 5) is 9.36.